The first-order chi connectivity index (χ1) is 9.65. The molecule has 0 bridgehead atoms. The number of piperazine rings is 1. The Labute approximate surface area is 120 Å². The van der Waals surface area contributed by atoms with Crippen LogP contribution in [-0.2, 0) is 9.59 Å². The molecule has 1 N–H and O–H groups in total. The Hall–Kier alpha value is -1.10. The SMILES string of the molecule is O=C(O)CN1CCN(C(=O)CC2CCCCCC2)CC1. The minimum Gasteiger partial charge on any atom is -0.480 e. The van der Waals surface area contributed by atoms with E-state index >= 15 is 0 Å². The van der Waals surface area contributed by atoms with Crippen LogP contribution >= 0.6 is 0 Å². The Morgan fingerprint density at radius 2 is 1.55 bits per heavy atom. The van der Waals surface area contributed by atoms with Gasteiger partial charge in [0.15, 0.2) is 0 Å². The van der Waals surface area contributed by atoms with Crippen molar-refractivity contribution in [2.24, 2.45) is 5.92 Å². The lowest BCUT2D eigenvalue weighted by atomic mass is 9.96. The molecule has 0 unspecified atom stereocenters. The van der Waals surface area contributed by atoms with E-state index in [1.807, 2.05) is 9.80 Å². The fourth-order valence-corrected chi connectivity index (χ4v) is 3.29. The van der Waals surface area contributed by atoms with E-state index in [1.54, 1.807) is 0 Å². The minimum absolute atomic E-state index is 0.0880. The summed E-state index contributed by atoms with van der Waals surface area (Å²) >= 11 is 0. The molecule has 2 rings (SSSR count). The number of amides is 1. The van der Waals surface area contributed by atoms with Gasteiger partial charge in [-0.05, 0) is 18.8 Å². The van der Waals surface area contributed by atoms with Crippen molar-refractivity contribution in [3.63, 3.8) is 0 Å². The molecule has 0 spiro atoms. The summed E-state index contributed by atoms with van der Waals surface area (Å²) in [6, 6.07) is 0. The van der Waals surface area contributed by atoms with Gasteiger partial charge in [0.2, 0.25) is 5.91 Å². The minimum atomic E-state index is -0.789. The maximum Gasteiger partial charge on any atom is 0.317 e. The predicted molar refractivity (Wildman–Crippen MR) is 76.5 cm³/mol. The van der Waals surface area contributed by atoms with Gasteiger partial charge >= 0.3 is 5.97 Å². The van der Waals surface area contributed by atoms with Crippen LogP contribution in [0.2, 0.25) is 0 Å². The summed E-state index contributed by atoms with van der Waals surface area (Å²) < 4.78 is 0. The van der Waals surface area contributed by atoms with Crippen molar-refractivity contribution in [1.82, 2.24) is 9.80 Å². The van der Waals surface area contributed by atoms with E-state index in [0.29, 0.717) is 38.5 Å². The van der Waals surface area contributed by atoms with Crippen molar-refractivity contribution < 1.29 is 14.7 Å². The van der Waals surface area contributed by atoms with Gasteiger partial charge < -0.3 is 10.0 Å². The summed E-state index contributed by atoms with van der Waals surface area (Å²) in [6.45, 7) is 2.81. The highest BCUT2D eigenvalue weighted by Crippen LogP contribution is 2.26. The van der Waals surface area contributed by atoms with Gasteiger partial charge in [-0.25, -0.2) is 0 Å². The Kier molecular flexibility index (Phi) is 5.83. The molecule has 2 aliphatic rings. The van der Waals surface area contributed by atoms with E-state index < -0.39 is 5.97 Å². The zero-order chi connectivity index (χ0) is 14.4. The largest absolute Gasteiger partial charge is 0.480 e. The predicted octanol–water partition coefficient (Wildman–Crippen LogP) is 1.58. The van der Waals surface area contributed by atoms with E-state index in [-0.39, 0.29) is 12.5 Å². The number of hydrogen-bond acceptors (Lipinski definition) is 3. The first kappa shape index (κ1) is 15.3. The third-order valence-electron chi connectivity index (χ3n) is 4.52. The molecule has 1 saturated carbocycles. The van der Waals surface area contributed by atoms with Crippen LogP contribution in [-0.4, -0.2) is 59.5 Å². The zero-order valence-electron chi connectivity index (χ0n) is 12.2. The molecular weight excluding hydrogens is 256 g/mol. The van der Waals surface area contributed by atoms with Crippen LogP contribution < -0.4 is 0 Å². The summed E-state index contributed by atoms with van der Waals surface area (Å²) in [6.07, 6.45) is 8.26. The molecule has 2 fully saturated rings. The molecule has 1 aliphatic heterocycles. The third kappa shape index (κ3) is 4.78. The topological polar surface area (TPSA) is 60.9 Å². The normalized spacial score (nSPS) is 22.5. The number of hydrogen-bond donors (Lipinski definition) is 1. The van der Waals surface area contributed by atoms with Crippen LogP contribution in [0.5, 0.6) is 0 Å². The quantitative estimate of drug-likeness (QED) is 0.795. The summed E-state index contributed by atoms with van der Waals surface area (Å²) in [5, 5.41) is 8.76. The average Bonchev–Trinajstić information content (AvgIpc) is 2.67. The monoisotopic (exact) mass is 282 g/mol. The van der Waals surface area contributed by atoms with Crippen LogP contribution in [0.1, 0.15) is 44.9 Å². The Morgan fingerprint density at radius 1 is 0.950 bits per heavy atom. The Bertz CT molecular complexity index is 330. The van der Waals surface area contributed by atoms with Crippen LogP contribution in [0.4, 0.5) is 0 Å². The first-order valence-electron chi connectivity index (χ1n) is 7.87. The van der Waals surface area contributed by atoms with E-state index in [9.17, 15) is 9.59 Å². The van der Waals surface area contributed by atoms with Crippen LogP contribution in [0.15, 0.2) is 0 Å². The van der Waals surface area contributed by atoms with Gasteiger partial charge in [-0.15, -0.1) is 0 Å². The van der Waals surface area contributed by atoms with Crippen LogP contribution in [0, 0.1) is 5.92 Å². The average molecular weight is 282 g/mol. The number of nitrogens with zero attached hydrogens (tertiary/aromatic N) is 2. The van der Waals surface area contributed by atoms with Gasteiger partial charge in [0.25, 0.3) is 0 Å². The highest BCUT2D eigenvalue weighted by molar-refractivity contribution is 5.76. The van der Waals surface area contributed by atoms with E-state index in [4.69, 9.17) is 5.11 Å². The number of aliphatic carboxylic acids is 1. The number of carbonyl (C=O) groups excluding carboxylic acids is 1. The molecule has 0 atom stereocenters. The maximum absolute atomic E-state index is 12.3. The summed E-state index contributed by atoms with van der Waals surface area (Å²) in [5.74, 6) is 0.0529. The molecule has 0 aromatic rings. The lowest BCUT2D eigenvalue weighted by Gasteiger charge is -2.34. The van der Waals surface area contributed by atoms with Crippen LogP contribution in [0.25, 0.3) is 0 Å². The fraction of sp³-hybridized carbons (Fsp3) is 0.867. The highest BCUT2D eigenvalue weighted by atomic mass is 16.4. The molecule has 114 valence electrons. The van der Waals surface area contributed by atoms with Crippen molar-refractivity contribution in [2.75, 3.05) is 32.7 Å². The van der Waals surface area contributed by atoms with Gasteiger partial charge in [0.1, 0.15) is 0 Å². The highest BCUT2D eigenvalue weighted by Gasteiger charge is 2.24. The van der Waals surface area contributed by atoms with E-state index in [1.165, 1.54) is 38.5 Å². The van der Waals surface area contributed by atoms with Crippen molar-refractivity contribution in [1.29, 1.82) is 0 Å². The molecule has 0 radical (unpaired) electrons. The molecule has 5 nitrogen and oxygen atoms in total. The zero-order valence-corrected chi connectivity index (χ0v) is 12.2. The Morgan fingerprint density at radius 3 is 2.10 bits per heavy atom. The van der Waals surface area contributed by atoms with Crippen molar-refractivity contribution in [3.05, 3.63) is 0 Å². The number of carbonyl (C=O) groups is 2. The molecule has 1 aliphatic carbocycles. The molecular formula is C15H26N2O3. The molecule has 0 aromatic heterocycles. The summed E-state index contributed by atoms with van der Waals surface area (Å²) in [7, 11) is 0. The second-order valence-electron chi connectivity index (χ2n) is 6.11. The number of carboxylic acid groups (broad SMARTS) is 1. The van der Waals surface area contributed by atoms with Gasteiger partial charge in [0, 0.05) is 32.6 Å². The van der Waals surface area contributed by atoms with Crippen molar-refractivity contribution in [2.45, 2.75) is 44.9 Å². The fourth-order valence-electron chi connectivity index (χ4n) is 3.29. The molecule has 1 saturated heterocycles. The lowest BCUT2D eigenvalue weighted by Crippen LogP contribution is -2.50. The summed E-state index contributed by atoms with van der Waals surface area (Å²) in [5.41, 5.74) is 0. The third-order valence-corrected chi connectivity index (χ3v) is 4.52. The van der Waals surface area contributed by atoms with Gasteiger partial charge in [-0.1, -0.05) is 25.7 Å². The molecule has 20 heavy (non-hydrogen) atoms. The first-order valence-corrected chi connectivity index (χ1v) is 7.87. The second-order valence-corrected chi connectivity index (χ2v) is 6.11. The Balaban J connectivity index is 1.72. The lowest BCUT2D eigenvalue weighted by molar-refractivity contribution is -0.139. The standard InChI is InChI=1S/C15H26N2O3/c18-14(11-13-5-3-1-2-4-6-13)17-9-7-16(8-10-17)12-15(19)20/h13H,1-12H2,(H,19,20). The number of carboxylic acids is 1. The van der Waals surface area contributed by atoms with Gasteiger partial charge in [-0.2, -0.15) is 0 Å². The van der Waals surface area contributed by atoms with Gasteiger partial charge in [0.05, 0.1) is 6.54 Å². The van der Waals surface area contributed by atoms with Crippen molar-refractivity contribution >= 4 is 11.9 Å². The maximum atomic E-state index is 12.3. The van der Waals surface area contributed by atoms with E-state index in [0.717, 1.165) is 0 Å². The van der Waals surface area contributed by atoms with Gasteiger partial charge in [-0.3, -0.25) is 14.5 Å². The molecule has 0 aromatic carbocycles. The summed E-state index contributed by atoms with van der Waals surface area (Å²) in [4.78, 5) is 26.8. The molecule has 1 heterocycles. The second kappa shape index (κ2) is 7.62. The number of rotatable bonds is 4. The van der Waals surface area contributed by atoms with E-state index in [2.05, 4.69) is 0 Å². The molecule has 1 amide bonds. The van der Waals surface area contributed by atoms with Crippen molar-refractivity contribution in [3.8, 4) is 0 Å². The van der Waals surface area contributed by atoms with Crippen LogP contribution in [0.3, 0.4) is 0 Å². The molecule has 5 heteroatoms. The smallest absolute Gasteiger partial charge is 0.317 e.